The number of nitrogens with two attached hydrogens (primary N) is 1. The summed E-state index contributed by atoms with van der Waals surface area (Å²) in [7, 11) is 0. The lowest BCUT2D eigenvalue weighted by Crippen LogP contribution is -2.31. The third-order valence-corrected chi connectivity index (χ3v) is 1.49. The van der Waals surface area contributed by atoms with Crippen LogP contribution in [0.1, 0.15) is 33.6 Å². The Bertz CT molecular complexity index is 146. The summed E-state index contributed by atoms with van der Waals surface area (Å²) in [6.45, 7) is 7.59. The molecular formula is C9H21N3O. The second-order valence-electron chi connectivity index (χ2n) is 3.11. The molecule has 0 saturated heterocycles. The molecule has 0 aromatic heterocycles. The van der Waals surface area contributed by atoms with Crippen LogP contribution >= 0.6 is 0 Å². The minimum Gasteiger partial charge on any atom is -0.382 e. The smallest absolute Gasteiger partial charge is 0.111 e. The van der Waals surface area contributed by atoms with E-state index in [2.05, 4.69) is 10.4 Å². The minimum atomic E-state index is 0.290. The number of rotatable bonds is 6. The van der Waals surface area contributed by atoms with Crippen LogP contribution in [-0.2, 0) is 4.74 Å². The molecule has 0 aliphatic carbocycles. The number of hydrazine groups is 1. The lowest BCUT2D eigenvalue weighted by molar-refractivity contribution is 0.146. The van der Waals surface area contributed by atoms with Gasteiger partial charge in [-0.3, -0.25) is 4.99 Å². The van der Waals surface area contributed by atoms with Gasteiger partial charge in [0.05, 0.1) is 0 Å². The molecule has 0 aromatic carbocycles. The van der Waals surface area contributed by atoms with Gasteiger partial charge in [0, 0.05) is 25.7 Å². The molecule has 0 aromatic rings. The Kier molecular flexibility index (Phi) is 7.63. The zero-order chi connectivity index (χ0) is 10.1. The molecule has 4 heteroatoms. The molecule has 0 aliphatic heterocycles. The number of amidine groups is 1. The van der Waals surface area contributed by atoms with Crippen LogP contribution in [0.5, 0.6) is 0 Å². The highest BCUT2D eigenvalue weighted by atomic mass is 16.5. The Hall–Kier alpha value is -0.610. The number of hydrogen-bond acceptors (Lipinski definition) is 3. The van der Waals surface area contributed by atoms with E-state index in [1.165, 1.54) is 0 Å². The molecule has 0 amide bonds. The molecule has 78 valence electrons. The number of ether oxygens (including phenoxy) is 1. The average Bonchev–Trinajstić information content (AvgIpc) is 2.09. The fourth-order valence-electron chi connectivity index (χ4n) is 0.972. The van der Waals surface area contributed by atoms with Crippen molar-refractivity contribution in [2.45, 2.75) is 39.7 Å². The summed E-state index contributed by atoms with van der Waals surface area (Å²) in [5.74, 6) is 6.17. The van der Waals surface area contributed by atoms with Crippen LogP contribution in [0.4, 0.5) is 0 Å². The van der Waals surface area contributed by atoms with Crippen molar-refractivity contribution in [2.75, 3.05) is 13.2 Å². The lowest BCUT2D eigenvalue weighted by atomic mass is 10.3. The van der Waals surface area contributed by atoms with Gasteiger partial charge in [0.15, 0.2) is 0 Å². The van der Waals surface area contributed by atoms with Gasteiger partial charge in [-0.05, 0) is 27.2 Å². The van der Waals surface area contributed by atoms with Gasteiger partial charge in [-0.2, -0.15) is 0 Å². The van der Waals surface area contributed by atoms with Crippen molar-refractivity contribution in [3.63, 3.8) is 0 Å². The predicted molar refractivity (Wildman–Crippen MR) is 55.6 cm³/mol. The highest BCUT2D eigenvalue weighted by Gasteiger charge is 1.97. The Labute approximate surface area is 80.5 Å². The maximum atomic E-state index is 5.31. The second kappa shape index (κ2) is 8.01. The third kappa shape index (κ3) is 7.74. The van der Waals surface area contributed by atoms with Crippen LogP contribution in [-0.4, -0.2) is 25.1 Å². The third-order valence-electron chi connectivity index (χ3n) is 1.49. The molecule has 0 unspecified atom stereocenters. The highest BCUT2D eigenvalue weighted by molar-refractivity contribution is 5.81. The lowest BCUT2D eigenvalue weighted by Gasteiger charge is -2.07. The van der Waals surface area contributed by atoms with Crippen molar-refractivity contribution in [1.29, 1.82) is 0 Å². The zero-order valence-electron chi connectivity index (χ0n) is 8.84. The van der Waals surface area contributed by atoms with Gasteiger partial charge >= 0.3 is 0 Å². The van der Waals surface area contributed by atoms with Crippen molar-refractivity contribution in [1.82, 2.24) is 5.43 Å². The molecule has 0 atom stereocenters. The van der Waals surface area contributed by atoms with E-state index < -0.39 is 0 Å². The largest absolute Gasteiger partial charge is 0.382 e. The first kappa shape index (κ1) is 12.4. The fraction of sp³-hybridized carbons (Fsp3) is 0.889. The molecule has 0 saturated carbocycles. The van der Waals surface area contributed by atoms with Gasteiger partial charge in [0.25, 0.3) is 0 Å². The molecule has 4 nitrogen and oxygen atoms in total. The minimum absolute atomic E-state index is 0.290. The first-order valence-corrected chi connectivity index (χ1v) is 4.81. The summed E-state index contributed by atoms with van der Waals surface area (Å²) < 4.78 is 5.21. The predicted octanol–water partition coefficient (Wildman–Crippen LogP) is 1.07. The Morgan fingerprint density at radius 3 is 2.69 bits per heavy atom. The summed E-state index contributed by atoms with van der Waals surface area (Å²) in [6.07, 6.45) is 1.82. The van der Waals surface area contributed by atoms with E-state index in [0.717, 1.165) is 31.9 Å². The number of aliphatic imine (C=N–C) groups is 1. The Morgan fingerprint density at radius 1 is 1.54 bits per heavy atom. The van der Waals surface area contributed by atoms with Crippen LogP contribution in [0.25, 0.3) is 0 Å². The van der Waals surface area contributed by atoms with E-state index in [4.69, 9.17) is 10.6 Å². The van der Waals surface area contributed by atoms with Gasteiger partial charge in [0.2, 0.25) is 0 Å². The van der Waals surface area contributed by atoms with Gasteiger partial charge in [-0.15, -0.1) is 0 Å². The van der Waals surface area contributed by atoms with E-state index in [-0.39, 0.29) is 6.04 Å². The standard InChI is InChI=1S/C9H21N3O/c1-4-13-7-5-6-9(12-10)11-8(2)3/h8H,4-7,10H2,1-3H3,(H,11,12). The average molecular weight is 187 g/mol. The van der Waals surface area contributed by atoms with Gasteiger partial charge in [-0.25, -0.2) is 5.84 Å². The van der Waals surface area contributed by atoms with Crippen LogP contribution in [0.2, 0.25) is 0 Å². The van der Waals surface area contributed by atoms with Gasteiger partial charge < -0.3 is 10.2 Å². The number of hydrogen-bond donors (Lipinski definition) is 2. The van der Waals surface area contributed by atoms with E-state index in [0.29, 0.717) is 0 Å². The monoisotopic (exact) mass is 187 g/mol. The molecule has 0 aliphatic rings. The Morgan fingerprint density at radius 2 is 2.23 bits per heavy atom. The highest BCUT2D eigenvalue weighted by Crippen LogP contribution is 1.95. The van der Waals surface area contributed by atoms with Crippen LogP contribution in [0.15, 0.2) is 4.99 Å². The number of nitrogens with zero attached hydrogens (tertiary/aromatic N) is 1. The summed E-state index contributed by atoms with van der Waals surface area (Å²) in [5, 5.41) is 0. The summed E-state index contributed by atoms with van der Waals surface area (Å²) in [5.41, 5.74) is 2.60. The van der Waals surface area contributed by atoms with Crippen molar-refractivity contribution < 1.29 is 4.74 Å². The van der Waals surface area contributed by atoms with Crippen LogP contribution in [0.3, 0.4) is 0 Å². The van der Waals surface area contributed by atoms with E-state index in [1.54, 1.807) is 0 Å². The summed E-state index contributed by atoms with van der Waals surface area (Å²) >= 11 is 0. The zero-order valence-corrected chi connectivity index (χ0v) is 8.84. The fourth-order valence-corrected chi connectivity index (χ4v) is 0.972. The molecule has 13 heavy (non-hydrogen) atoms. The van der Waals surface area contributed by atoms with Crippen molar-refractivity contribution in [3.8, 4) is 0 Å². The van der Waals surface area contributed by atoms with E-state index >= 15 is 0 Å². The summed E-state index contributed by atoms with van der Waals surface area (Å²) in [4.78, 5) is 4.32. The van der Waals surface area contributed by atoms with Crippen LogP contribution < -0.4 is 11.3 Å². The molecule has 0 fully saturated rings. The maximum Gasteiger partial charge on any atom is 0.111 e. The van der Waals surface area contributed by atoms with Crippen molar-refractivity contribution >= 4 is 5.84 Å². The molecule has 0 rings (SSSR count). The van der Waals surface area contributed by atoms with Crippen LogP contribution in [0, 0.1) is 0 Å². The molecule has 0 spiro atoms. The maximum absolute atomic E-state index is 5.31. The number of nitrogens with one attached hydrogen (secondary N) is 1. The molecule has 3 N–H and O–H groups in total. The first-order chi connectivity index (χ1) is 6.20. The SMILES string of the molecule is CCOCCCC(=NC(C)C)NN. The molecule has 0 radical (unpaired) electrons. The Balaban J connectivity index is 3.60. The van der Waals surface area contributed by atoms with E-state index in [1.807, 2.05) is 20.8 Å². The second-order valence-corrected chi connectivity index (χ2v) is 3.11. The van der Waals surface area contributed by atoms with Crippen molar-refractivity contribution in [2.24, 2.45) is 10.8 Å². The normalized spacial score (nSPS) is 12.2. The first-order valence-electron chi connectivity index (χ1n) is 4.81. The molecule has 0 bridgehead atoms. The topological polar surface area (TPSA) is 59.6 Å². The quantitative estimate of drug-likeness (QED) is 0.215. The van der Waals surface area contributed by atoms with Gasteiger partial charge in [0.1, 0.15) is 5.84 Å². The molecule has 0 heterocycles. The van der Waals surface area contributed by atoms with Crippen molar-refractivity contribution in [3.05, 3.63) is 0 Å². The summed E-state index contributed by atoms with van der Waals surface area (Å²) in [6, 6.07) is 0.290. The molecular weight excluding hydrogens is 166 g/mol. The van der Waals surface area contributed by atoms with E-state index in [9.17, 15) is 0 Å². The van der Waals surface area contributed by atoms with Gasteiger partial charge in [-0.1, -0.05) is 0 Å².